The summed E-state index contributed by atoms with van der Waals surface area (Å²) in [6.45, 7) is 5.95. The van der Waals surface area contributed by atoms with Gasteiger partial charge in [0.1, 0.15) is 5.69 Å². The molecule has 0 aromatic carbocycles. The Morgan fingerprint density at radius 3 is 2.62 bits per heavy atom. The Kier molecular flexibility index (Phi) is 4.87. The molecule has 128 valence electrons. The van der Waals surface area contributed by atoms with Crippen molar-refractivity contribution in [1.29, 1.82) is 0 Å². The maximum Gasteiger partial charge on any atom is 0.274 e. The molecule has 0 saturated carbocycles. The number of aromatic nitrogens is 3. The molecule has 0 spiro atoms. The molecule has 7 heteroatoms. The van der Waals surface area contributed by atoms with Crippen LogP contribution in [0.25, 0.3) is 5.82 Å². The quantitative estimate of drug-likeness (QED) is 0.924. The molecular weight excluding hydrogens is 326 g/mol. The number of aryl methyl sites for hydroxylation is 2. The van der Waals surface area contributed by atoms with Crippen LogP contribution in [-0.2, 0) is 0 Å². The Labute approximate surface area is 146 Å². The minimum absolute atomic E-state index is 0.126. The highest BCUT2D eigenvalue weighted by atomic mass is 35.5. The van der Waals surface area contributed by atoms with Crippen molar-refractivity contribution in [2.45, 2.75) is 26.7 Å². The highest BCUT2D eigenvalue weighted by molar-refractivity contribution is 6.33. The highest BCUT2D eigenvalue weighted by Gasteiger charge is 2.25. The van der Waals surface area contributed by atoms with Crippen molar-refractivity contribution in [3.63, 3.8) is 0 Å². The summed E-state index contributed by atoms with van der Waals surface area (Å²) in [6.07, 6.45) is 1.86. The molecular formula is C17H22ClN5O. The van der Waals surface area contributed by atoms with Crippen molar-refractivity contribution in [3.8, 4) is 5.82 Å². The molecule has 2 aromatic rings. The van der Waals surface area contributed by atoms with E-state index in [1.54, 1.807) is 16.8 Å². The van der Waals surface area contributed by atoms with Crippen molar-refractivity contribution in [2.75, 3.05) is 19.6 Å². The summed E-state index contributed by atoms with van der Waals surface area (Å²) >= 11 is 6.24. The molecule has 2 N–H and O–H groups in total. The summed E-state index contributed by atoms with van der Waals surface area (Å²) in [5, 5.41) is 4.78. The molecule has 0 radical (unpaired) electrons. The molecule has 3 rings (SSSR count). The van der Waals surface area contributed by atoms with Gasteiger partial charge in [0, 0.05) is 18.8 Å². The second-order valence-electron chi connectivity index (χ2n) is 6.31. The van der Waals surface area contributed by atoms with Crippen LogP contribution in [0.15, 0.2) is 18.2 Å². The lowest BCUT2D eigenvalue weighted by Crippen LogP contribution is -2.40. The van der Waals surface area contributed by atoms with E-state index in [0.717, 1.165) is 24.2 Å². The number of piperidine rings is 1. The van der Waals surface area contributed by atoms with E-state index >= 15 is 0 Å². The van der Waals surface area contributed by atoms with Gasteiger partial charge in [-0.3, -0.25) is 4.79 Å². The first-order valence-electron chi connectivity index (χ1n) is 8.19. The third-order valence-electron chi connectivity index (χ3n) is 4.50. The fourth-order valence-corrected chi connectivity index (χ4v) is 3.27. The van der Waals surface area contributed by atoms with Gasteiger partial charge in [0.15, 0.2) is 5.82 Å². The van der Waals surface area contributed by atoms with Crippen LogP contribution >= 0.6 is 11.6 Å². The zero-order valence-corrected chi connectivity index (χ0v) is 14.8. The molecule has 6 nitrogen and oxygen atoms in total. The van der Waals surface area contributed by atoms with Gasteiger partial charge in [-0.2, -0.15) is 5.10 Å². The number of carbonyl (C=O) groups is 1. The average Bonchev–Trinajstić information content (AvgIpc) is 2.93. The highest BCUT2D eigenvalue weighted by Crippen LogP contribution is 2.22. The number of rotatable bonds is 3. The number of carbonyl (C=O) groups excluding carboxylic acids is 1. The molecule has 1 amide bonds. The topological polar surface area (TPSA) is 77.0 Å². The maximum absolute atomic E-state index is 12.8. The van der Waals surface area contributed by atoms with E-state index in [2.05, 4.69) is 10.1 Å². The van der Waals surface area contributed by atoms with Gasteiger partial charge in [-0.05, 0) is 57.4 Å². The number of amides is 1. The first-order valence-corrected chi connectivity index (χ1v) is 8.57. The maximum atomic E-state index is 12.8. The monoisotopic (exact) mass is 347 g/mol. The van der Waals surface area contributed by atoms with Gasteiger partial charge < -0.3 is 10.6 Å². The molecule has 1 fully saturated rings. The summed E-state index contributed by atoms with van der Waals surface area (Å²) < 4.78 is 1.73. The average molecular weight is 348 g/mol. The second kappa shape index (κ2) is 6.91. The molecule has 1 aliphatic rings. The summed E-state index contributed by atoms with van der Waals surface area (Å²) in [5.41, 5.74) is 7.87. The second-order valence-corrected chi connectivity index (χ2v) is 6.72. The predicted octanol–water partition coefficient (Wildman–Crippen LogP) is 2.35. The van der Waals surface area contributed by atoms with Gasteiger partial charge >= 0.3 is 0 Å². The summed E-state index contributed by atoms with van der Waals surface area (Å²) in [5.74, 6) is 0.975. The molecule has 0 unspecified atom stereocenters. The van der Waals surface area contributed by atoms with E-state index in [1.807, 2.05) is 24.8 Å². The van der Waals surface area contributed by atoms with Crippen LogP contribution in [0.1, 0.15) is 34.7 Å². The van der Waals surface area contributed by atoms with Gasteiger partial charge in [0.2, 0.25) is 0 Å². The molecule has 1 aliphatic heterocycles. The molecule has 1 saturated heterocycles. The van der Waals surface area contributed by atoms with E-state index in [9.17, 15) is 4.79 Å². The van der Waals surface area contributed by atoms with Crippen molar-refractivity contribution in [1.82, 2.24) is 19.7 Å². The molecule has 0 aliphatic carbocycles. The van der Waals surface area contributed by atoms with E-state index < -0.39 is 0 Å². The Bertz CT molecular complexity index is 749. The number of pyridine rings is 1. The lowest BCUT2D eigenvalue weighted by molar-refractivity contribution is 0.0687. The third kappa shape index (κ3) is 3.30. The zero-order chi connectivity index (χ0) is 17.3. The largest absolute Gasteiger partial charge is 0.337 e. The molecule has 24 heavy (non-hydrogen) atoms. The van der Waals surface area contributed by atoms with Crippen LogP contribution in [-0.4, -0.2) is 45.2 Å². The third-order valence-corrected chi connectivity index (χ3v) is 4.80. The number of hydrogen-bond acceptors (Lipinski definition) is 4. The van der Waals surface area contributed by atoms with Crippen molar-refractivity contribution in [3.05, 3.63) is 40.3 Å². The fraction of sp³-hybridized carbons (Fsp3) is 0.471. The normalized spacial score (nSPS) is 15.8. The van der Waals surface area contributed by atoms with Crippen LogP contribution in [0.5, 0.6) is 0 Å². The first-order chi connectivity index (χ1) is 11.5. The fourth-order valence-electron chi connectivity index (χ4n) is 3.08. The Morgan fingerprint density at radius 2 is 2.04 bits per heavy atom. The van der Waals surface area contributed by atoms with Crippen molar-refractivity contribution >= 4 is 17.5 Å². The van der Waals surface area contributed by atoms with Crippen molar-refractivity contribution in [2.24, 2.45) is 11.7 Å². The first kappa shape index (κ1) is 16.9. The number of hydrogen-bond donors (Lipinski definition) is 1. The molecule has 0 bridgehead atoms. The number of nitrogens with two attached hydrogens (primary N) is 1. The number of likely N-dealkylation sites (tertiary alicyclic amines) is 1. The van der Waals surface area contributed by atoms with Gasteiger partial charge in [-0.15, -0.1) is 0 Å². The molecule has 3 heterocycles. The van der Waals surface area contributed by atoms with Gasteiger partial charge in [-0.1, -0.05) is 11.6 Å². The van der Waals surface area contributed by atoms with E-state index in [0.29, 0.717) is 36.4 Å². The zero-order valence-electron chi connectivity index (χ0n) is 14.0. The van der Waals surface area contributed by atoms with E-state index in [-0.39, 0.29) is 11.6 Å². The predicted molar refractivity (Wildman–Crippen MR) is 93.5 cm³/mol. The Morgan fingerprint density at radius 1 is 1.33 bits per heavy atom. The van der Waals surface area contributed by atoms with Gasteiger partial charge in [0.25, 0.3) is 5.91 Å². The lowest BCUT2D eigenvalue weighted by Gasteiger charge is -2.31. The smallest absolute Gasteiger partial charge is 0.274 e. The summed E-state index contributed by atoms with van der Waals surface area (Å²) in [4.78, 5) is 19.1. The minimum Gasteiger partial charge on any atom is -0.337 e. The lowest BCUT2D eigenvalue weighted by atomic mass is 9.97. The molecule has 0 atom stereocenters. The van der Waals surface area contributed by atoms with Crippen LogP contribution in [0.3, 0.4) is 0 Å². The van der Waals surface area contributed by atoms with Gasteiger partial charge in [0.05, 0.1) is 10.7 Å². The van der Waals surface area contributed by atoms with E-state index in [4.69, 9.17) is 17.3 Å². The van der Waals surface area contributed by atoms with Crippen LogP contribution in [0.2, 0.25) is 5.02 Å². The summed E-state index contributed by atoms with van der Waals surface area (Å²) in [6, 6.07) is 5.45. The SMILES string of the molecule is Cc1cc(C)n(-c2ccc(Cl)c(C(=O)N3CCC(CN)CC3)n2)n1. The number of nitrogens with zero attached hydrogens (tertiary/aromatic N) is 4. The Hall–Kier alpha value is -1.92. The van der Waals surface area contributed by atoms with Crippen LogP contribution in [0, 0.1) is 19.8 Å². The van der Waals surface area contributed by atoms with Crippen molar-refractivity contribution < 1.29 is 4.79 Å². The minimum atomic E-state index is -0.126. The Balaban J connectivity index is 1.87. The standard InChI is InChI=1S/C17H22ClN5O/c1-11-9-12(2)23(21-11)15-4-3-14(18)16(20-15)17(24)22-7-5-13(10-19)6-8-22/h3-4,9,13H,5-8,10,19H2,1-2H3. The summed E-state index contributed by atoms with van der Waals surface area (Å²) in [7, 11) is 0. The molecule has 2 aromatic heterocycles. The van der Waals surface area contributed by atoms with Gasteiger partial charge in [-0.25, -0.2) is 9.67 Å². The van der Waals surface area contributed by atoms with E-state index in [1.165, 1.54) is 0 Å². The van der Waals surface area contributed by atoms with Crippen LogP contribution in [0.4, 0.5) is 0 Å². The van der Waals surface area contributed by atoms with Crippen LogP contribution < -0.4 is 5.73 Å². The number of halogens is 1.